The summed E-state index contributed by atoms with van der Waals surface area (Å²) in [5, 5.41) is 7.83. The fourth-order valence-electron chi connectivity index (χ4n) is 8.93. The highest BCUT2D eigenvalue weighted by molar-refractivity contribution is 7.09. The van der Waals surface area contributed by atoms with Gasteiger partial charge in [-0.15, -0.1) is 23.7 Å². The molecule has 0 spiro atoms. The number of aryl methyl sites for hydroxylation is 2. The minimum absolute atomic E-state index is 0. The fourth-order valence-corrected chi connectivity index (χ4v) is 9.63. The molecule has 3 aromatic heterocycles. The Kier molecular flexibility index (Phi) is 14.0. The number of thiophene rings is 1. The van der Waals surface area contributed by atoms with Gasteiger partial charge in [0.05, 0.1) is 11.0 Å². The van der Waals surface area contributed by atoms with Crippen molar-refractivity contribution in [3.05, 3.63) is 154 Å². The molecule has 2 amide bonds. The lowest BCUT2D eigenvalue weighted by atomic mass is 10.1. The van der Waals surface area contributed by atoms with Crippen molar-refractivity contribution in [3.8, 4) is 0 Å². The summed E-state index contributed by atoms with van der Waals surface area (Å²) in [4.78, 5) is 37.0. The Morgan fingerprint density at radius 3 is 1.73 bits per heavy atom. The van der Waals surface area contributed by atoms with Crippen LogP contribution in [-0.2, 0) is 19.3 Å². The van der Waals surface area contributed by atoms with Crippen LogP contribution in [0.2, 0.25) is 0 Å². The number of carbonyl (C=O) groups is 1. The van der Waals surface area contributed by atoms with Gasteiger partial charge in [-0.05, 0) is 128 Å². The molecule has 2 aliphatic rings. The number of nitrogens with zero attached hydrogens (tertiary/aromatic N) is 7. The predicted molar refractivity (Wildman–Crippen MR) is 262 cm³/mol. The Morgan fingerprint density at radius 2 is 1.16 bits per heavy atom. The van der Waals surface area contributed by atoms with E-state index in [0.717, 1.165) is 119 Å². The molecule has 2 aliphatic heterocycles. The maximum Gasteiger partial charge on any atom is 0.326 e. The molecule has 320 valence electrons. The van der Waals surface area contributed by atoms with Gasteiger partial charge in [-0.25, -0.2) is 4.79 Å². The van der Waals surface area contributed by atoms with E-state index < -0.39 is 0 Å². The van der Waals surface area contributed by atoms with E-state index in [9.17, 15) is 4.79 Å². The Hall–Kier alpha value is -5.52. The molecule has 0 atom stereocenters. The van der Waals surface area contributed by atoms with Gasteiger partial charge in [0.2, 0.25) is 0 Å². The van der Waals surface area contributed by atoms with Crippen molar-refractivity contribution >= 4 is 74.3 Å². The number of hydrogen-bond donors (Lipinski definition) is 1. The van der Waals surface area contributed by atoms with Gasteiger partial charge in [-0.3, -0.25) is 24.7 Å². The van der Waals surface area contributed by atoms with E-state index in [0.29, 0.717) is 6.54 Å². The van der Waals surface area contributed by atoms with Crippen LogP contribution >= 0.6 is 23.7 Å². The first-order chi connectivity index (χ1) is 29.9. The third kappa shape index (κ3) is 10.4. The van der Waals surface area contributed by atoms with Crippen LogP contribution in [0.15, 0.2) is 127 Å². The number of piperazine rings is 2. The van der Waals surface area contributed by atoms with Crippen LogP contribution in [0.3, 0.4) is 0 Å². The maximum absolute atomic E-state index is 14.2. The van der Waals surface area contributed by atoms with E-state index >= 15 is 0 Å². The molecule has 2 saturated heterocycles. The average molecular weight is 866 g/mol. The lowest BCUT2D eigenvalue weighted by molar-refractivity contribution is 0.257. The van der Waals surface area contributed by atoms with E-state index in [4.69, 9.17) is 9.97 Å². The van der Waals surface area contributed by atoms with Gasteiger partial charge in [0, 0.05) is 122 Å². The number of aromatic nitrogens is 2. The summed E-state index contributed by atoms with van der Waals surface area (Å²) in [7, 11) is 0. The SMILES string of the molecule is Cc1ccc2c(N3CCN(CCc4cccc(NC(=O)N(CCc5cccs5)c5cccc(CCN6CCN(c7cccc8nc(C)ccc78)CC6)c5)c4)CC3)cccc2n1.Cl. The highest BCUT2D eigenvalue weighted by Gasteiger charge is 2.22. The summed E-state index contributed by atoms with van der Waals surface area (Å²) in [6.45, 7) is 14.7. The molecule has 1 N–H and O–H groups in total. The van der Waals surface area contributed by atoms with Crippen LogP contribution in [0.5, 0.6) is 0 Å². The van der Waals surface area contributed by atoms with Gasteiger partial charge in [0.25, 0.3) is 0 Å². The monoisotopic (exact) mass is 864 g/mol. The number of fused-ring (bicyclic) bond motifs is 2. The van der Waals surface area contributed by atoms with Crippen molar-refractivity contribution in [2.45, 2.75) is 33.1 Å². The van der Waals surface area contributed by atoms with Crippen molar-refractivity contribution in [1.82, 2.24) is 19.8 Å². The van der Waals surface area contributed by atoms with Crippen LogP contribution in [-0.4, -0.2) is 97.8 Å². The summed E-state index contributed by atoms with van der Waals surface area (Å²) in [6, 6.07) is 42.7. The largest absolute Gasteiger partial charge is 0.368 e. The van der Waals surface area contributed by atoms with Crippen molar-refractivity contribution in [2.75, 3.05) is 92.0 Å². The number of pyridine rings is 2. The zero-order valence-electron chi connectivity index (χ0n) is 35.9. The molecule has 11 heteroatoms. The number of anilines is 4. The minimum atomic E-state index is -0.101. The zero-order valence-corrected chi connectivity index (χ0v) is 37.5. The first-order valence-electron chi connectivity index (χ1n) is 21.9. The lowest BCUT2D eigenvalue weighted by Crippen LogP contribution is -2.47. The van der Waals surface area contributed by atoms with Crippen LogP contribution in [0.25, 0.3) is 21.8 Å². The molecule has 4 aromatic carbocycles. The van der Waals surface area contributed by atoms with E-state index in [-0.39, 0.29) is 18.4 Å². The number of nitrogens with one attached hydrogen (secondary N) is 1. The predicted octanol–water partition coefficient (Wildman–Crippen LogP) is 9.89. The highest BCUT2D eigenvalue weighted by Crippen LogP contribution is 2.29. The second-order valence-corrected chi connectivity index (χ2v) is 17.6. The Bertz CT molecular complexity index is 2590. The number of hydrogen-bond acceptors (Lipinski definition) is 8. The summed E-state index contributed by atoms with van der Waals surface area (Å²) >= 11 is 1.74. The zero-order chi connectivity index (χ0) is 41.5. The van der Waals surface area contributed by atoms with Crippen molar-refractivity contribution in [3.63, 3.8) is 0 Å². The first-order valence-corrected chi connectivity index (χ1v) is 22.8. The van der Waals surface area contributed by atoms with Crippen LogP contribution in [0, 0.1) is 13.8 Å². The van der Waals surface area contributed by atoms with Crippen molar-refractivity contribution in [2.24, 2.45) is 0 Å². The molecule has 9 nitrogen and oxygen atoms in total. The molecular formula is C51H57ClN8OS. The van der Waals surface area contributed by atoms with E-state index in [2.05, 4.69) is 152 Å². The van der Waals surface area contributed by atoms with Gasteiger partial charge >= 0.3 is 6.03 Å². The number of carbonyl (C=O) groups excluding carboxylic acids is 1. The molecule has 0 saturated carbocycles. The van der Waals surface area contributed by atoms with Gasteiger partial charge in [0.15, 0.2) is 0 Å². The topological polar surface area (TPSA) is 71.1 Å². The fraction of sp³-hybridized carbons (Fsp3) is 0.314. The molecule has 9 rings (SSSR count). The van der Waals surface area contributed by atoms with Crippen molar-refractivity contribution in [1.29, 1.82) is 0 Å². The molecule has 5 heterocycles. The molecule has 0 aliphatic carbocycles. The normalized spacial score (nSPS) is 14.9. The number of halogens is 1. The number of rotatable bonds is 13. The molecule has 7 aromatic rings. The molecule has 0 bridgehead atoms. The van der Waals surface area contributed by atoms with Gasteiger partial charge in [-0.2, -0.15) is 0 Å². The second kappa shape index (κ2) is 20.1. The van der Waals surface area contributed by atoms with E-state index in [1.54, 1.807) is 11.3 Å². The van der Waals surface area contributed by atoms with Crippen LogP contribution in [0.4, 0.5) is 27.5 Å². The summed E-state index contributed by atoms with van der Waals surface area (Å²) < 4.78 is 0. The standard InChI is InChI=1S/C51H56N8OS.ClH/c1-38-17-19-45-47(52-38)13-5-15-49(45)57-31-27-55(28-32-57)24-21-40-8-3-10-42(36-40)54-51(60)59(26-23-44-12-7-35-61-44)43-11-4-9-41(37-43)22-25-56-29-33-58(34-30-56)50-16-6-14-48-46(50)20-18-39(2)53-48;/h3-20,35-37H,21-34H2,1-2H3,(H,54,60);1H. The van der Waals surface area contributed by atoms with Gasteiger partial charge in [0.1, 0.15) is 0 Å². The van der Waals surface area contributed by atoms with E-state index in [1.165, 1.54) is 38.2 Å². The molecule has 62 heavy (non-hydrogen) atoms. The number of urea groups is 1. The molecular weight excluding hydrogens is 808 g/mol. The highest BCUT2D eigenvalue weighted by atomic mass is 35.5. The minimum Gasteiger partial charge on any atom is -0.368 e. The molecule has 2 fully saturated rings. The Labute approximate surface area is 376 Å². The maximum atomic E-state index is 14.2. The van der Waals surface area contributed by atoms with E-state index in [1.807, 2.05) is 17.9 Å². The Morgan fingerprint density at radius 1 is 0.613 bits per heavy atom. The lowest BCUT2D eigenvalue weighted by Gasteiger charge is -2.36. The smallest absolute Gasteiger partial charge is 0.326 e. The van der Waals surface area contributed by atoms with Crippen LogP contribution in [0.1, 0.15) is 27.4 Å². The summed E-state index contributed by atoms with van der Waals surface area (Å²) in [5.74, 6) is 0. The first kappa shape index (κ1) is 43.1. The van der Waals surface area contributed by atoms with Crippen LogP contribution < -0.4 is 20.0 Å². The quantitative estimate of drug-likeness (QED) is 0.124. The molecule has 0 unspecified atom stereocenters. The Balaban J connectivity index is 0.00000529. The average Bonchev–Trinajstić information content (AvgIpc) is 3.82. The third-order valence-electron chi connectivity index (χ3n) is 12.4. The van der Waals surface area contributed by atoms with Gasteiger partial charge in [-0.1, -0.05) is 42.5 Å². The molecule has 0 radical (unpaired) electrons. The summed E-state index contributed by atoms with van der Waals surface area (Å²) in [5.41, 5.74) is 11.0. The summed E-state index contributed by atoms with van der Waals surface area (Å²) in [6.07, 6.45) is 2.67. The van der Waals surface area contributed by atoms with Gasteiger partial charge < -0.3 is 15.1 Å². The third-order valence-corrected chi connectivity index (χ3v) is 13.3. The second-order valence-electron chi connectivity index (χ2n) is 16.5. The van der Waals surface area contributed by atoms with Crippen molar-refractivity contribution < 1.29 is 4.79 Å². The number of benzene rings is 4. The number of amides is 2.